The molecule has 3 aliphatic rings. The van der Waals surface area contributed by atoms with E-state index in [2.05, 4.69) is 34.9 Å². The van der Waals surface area contributed by atoms with Gasteiger partial charge in [-0.05, 0) is 67.8 Å². The summed E-state index contributed by atoms with van der Waals surface area (Å²) in [6.45, 7) is 5.32. The molecule has 1 amide bonds. The van der Waals surface area contributed by atoms with Gasteiger partial charge in [-0.3, -0.25) is 9.69 Å². The molecule has 2 saturated heterocycles. The van der Waals surface area contributed by atoms with E-state index in [4.69, 9.17) is 23.7 Å². The molecule has 0 unspecified atom stereocenters. The van der Waals surface area contributed by atoms with E-state index >= 15 is 0 Å². The van der Waals surface area contributed by atoms with Crippen LogP contribution in [0.3, 0.4) is 0 Å². The number of hydrogen-bond donors (Lipinski definition) is 0. The normalized spacial score (nSPS) is 23.9. The van der Waals surface area contributed by atoms with E-state index in [-0.39, 0.29) is 23.8 Å². The smallest absolute Gasteiger partial charge is 0.337 e. The van der Waals surface area contributed by atoms with Gasteiger partial charge in [0.1, 0.15) is 5.75 Å². The largest absolute Gasteiger partial charge is 0.504 e. The van der Waals surface area contributed by atoms with E-state index in [1.807, 2.05) is 24.3 Å². The fourth-order valence-electron chi connectivity index (χ4n) is 8.22. The lowest BCUT2D eigenvalue weighted by Crippen LogP contribution is -2.55. The molecule has 0 aliphatic carbocycles. The van der Waals surface area contributed by atoms with Crippen molar-refractivity contribution in [2.75, 3.05) is 59.6 Å². The van der Waals surface area contributed by atoms with Gasteiger partial charge < -0.3 is 28.6 Å². The molecule has 256 valence electrons. The molecule has 2 aromatic carbocycles. The summed E-state index contributed by atoms with van der Waals surface area (Å²) in [4.78, 5) is 32.0. The fraction of sp³-hybridized carbons (Fsp3) is 0.579. The van der Waals surface area contributed by atoms with Crippen LogP contribution in [0.15, 0.2) is 54.3 Å². The summed E-state index contributed by atoms with van der Waals surface area (Å²) in [5, 5.41) is 0. The van der Waals surface area contributed by atoms with Gasteiger partial charge >= 0.3 is 5.97 Å². The highest BCUT2D eigenvalue weighted by atomic mass is 16.5. The first-order valence-electron chi connectivity index (χ1n) is 17.2. The van der Waals surface area contributed by atoms with Gasteiger partial charge in [0.25, 0.3) is 0 Å². The summed E-state index contributed by atoms with van der Waals surface area (Å²) in [7, 11) is 6.24. The second-order valence-electron chi connectivity index (χ2n) is 13.0. The number of unbranched alkanes of at least 4 members (excludes halogenated alkanes) is 5. The summed E-state index contributed by atoms with van der Waals surface area (Å²) in [5.41, 5.74) is 2.19. The topological polar surface area (TPSA) is 86.8 Å². The minimum atomic E-state index is -0.588. The number of carbonyl (C=O) groups excluding carboxylic acids is 2. The summed E-state index contributed by atoms with van der Waals surface area (Å²) in [6, 6.07) is 14.0. The number of fused-ring (bicyclic) bond motifs is 4. The van der Waals surface area contributed by atoms with Crippen LogP contribution in [0.25, 0.3) is 0 Å². The average Bonchev–Trinajstić information content (AvgIpc) is 3.60. The third-order valence-corrected chi connectivity index (χ3v) is 10.6. The highest BCUT2D eigenvalue weighted by Crippen LogP contribution is 2.55. The summed E-state index contributed by atoms with van der Waals surface area (Å²) in [6.07, 6.45) is 10.4. The molecule has 9 heteroatoms. The number of nitrogens with zero attached hydrogens (tertiary/aromatic N) is 2. The Morgan fingerprint density at radius 3 is 2.43 bits per heavy atom. The van der Waals surface area contributed by atoms with E-state index in [1.165, 1.54) is 7.11 Å². The van der Waals surface area contributed by atoms with Crippen molar-refractivity contribution >= 4 is 17.6 Å². The van der Waals surface area contributed by atoms with E-state index in [9.17, 15) is 9.59 Å². The highest BCUT2D eigenvalue weighted by molar-refractivity contribution is 6.09. The standard InChI is InChI=1S/C38H52N2O7/c1-6-27-25-39-21-19-38(35(39)24-29(27)30(26-43-2)36(41)46-5)31-15-11-12-16-32(31)40(37(38)42)20-13-9-7-8-10-14-22-47-28-17-18-33(44-3)34(23-28)45-4/h11-12,15-18,23,26-27,29,35H,6-10,13-14,19-22,24-25H2,1-5H3/b30-26+/t27-,29-,35+,38+/m0/s1. The first-order chi connectivity index (χ1) is 22.9. The number of hydrogen-bond acceptors (Lipinski definition) is 8. The second-order valence-corrected chi connectivity index (χ2v) is 13.0. The number of rotatable bonds is 16. The Kier molecular flexibility index (Phi) is 11.7. The average molecular weight is 649 g/mol. The van der Waals surface area contributed by atoms with Crippen LogP contribution in [0.2, 0.25) is 0 Å². The van der Waals surface area contributed by atoms with Crippen molar-refractivity contribution in [2.24, 2.45) is 11.8 Å². The van der Waals surface area contributed by atoms with Crippen LogP contribution in [-0.2, 0) is 24.5 Å². The Morgan fingerprint density at radius 2 is 1.70 bits per heavy atom. The van der Waals surface area contributed by atoms with Crippen LogP contribution in [0.1, 0.15) is 70.3 Å². The molecule has 2 aromatic rings. The maximum absolute atomic E-state index is 14.6. The van der Waals surface area contributed by atoms with Crippen molar-refractivity contribution in [2.45, 2.75) is 76.2 Å². The van der Waals surface area contributed by atoms with Crippen LogP contribution in [0.4, 0.5) is 5.69 Å². The minimum Gasteiger partial charge on any atom is -0.504 e. The summed E-state index contributed by atoms with van der Waals surface area (Å²) >= 11 is 0. The van der Waals surface area contributed by atoms with Crippen LogP contribution >= 0.6 is 0 Å². The molecule has 0 N–H and O–H groups in total. The highest BCUT2D eigenvalue weighted by Gasteiger charge is 2.62. The second kappa shape index (κ2) is 15.9. The molecule has 5 rings (SSSR count). The molecule has 47 heavy (non-hydrogen) atoms. The Morgan fingerprint density at radius 1 is 0.957 bits per heavy atom. The third kappa shape index (κ3) is 6.96. The van der Waals surface area contributed by atoms with Crippen molar-refractivity contribution in [3.8, 4) is 17.2 Å². The number of para-hydroxylation sites is 1. The van der Waals surface area contributed by atoms with Crippen molar-refractivity contribution in [3.63, 3.8) is 0 Å². The van der Waals surface area contributed by atoms with Gasteiger partial charge in [0.05, 0.1) is 52.3 Å². The molecule has 0 aromatic heterocycles. The maximum atomic E-state index is 14.6. The Labute approximate surface area is 280 Å². The Balaban J connectivity index is 1.16. The minimum absolute atomic E-state index is 0.0259. The lowest BCUT2D eigenvalue weighted by molar-refractivity contribution is -0.137. The SMILES string of the molecule is CC[C@H]1CN2CC[C@]3(C(=O)N(CCCCCCCCOc4ccc(OC)c(OC)c4)c4ccccc43)[C@H]2C[C@@H]1/C(=C\OC)C(=O)OC. The molecule has 0 bridgehead atoms. The monoisotopic (exact) mass is 648 g/mol. The fourth-order valence-corrected chi connectivity index (χ4v) is 8.22. The predicted molar refractivity (Wildman–Crippen MR) is 182 cm³/mol. The zero-order chi connectivity index (χ0) is 33.4. The zero-order valence-corrected chi connectivity index (χ0v) is 28.8. The van der Waals surface area contributed by atoms with Gasteiger partial charge in [-0.25, -0.2) is 4.79 Å². The van der Waals surface area contributed by atoms with Crippen molar-refractivity contribution in [1.82, 2.24) is 4.90 Å². The Bertz CT molecular complexity index is 1410. The maximum Gasteiger partial charge on any atom is 0.337 e. The molecule has 3 aliphatic heterocycles. The number of esters is 1. The lowest BCUT2D eigenvalue weighted by Gasteiger charge is -2.45. The number of anilines is 1. The molecular weight excluding hydrogens is 596 g/mol. The molecule has 0 saturated carbocycles. The molecule has 0 radical (unpaired) electrons. The van der Waals surface area contributed by atoms with E-state index in [1.54, 1.807) is 27.6 Å². The number of ether oxygens (including phenoxy) is 5. The van der Waals surface area contributed by atoms with E-state index < -0.39 is 5.41 Å². The number of carbonyl (C=O) groups is 2. The van der Waals surface area contributed by atoms with Crippen LogP contribution in [0, 0.1) is 11.8 Å². The van der Waals surface area contributed by atoms with Crippen LogP contribution < -0.4 is 19.1 Å². The molecule has 3 heterocycles. The lowest BCUT2D eigenvalue weighted by atomic mass is 9.67. The number of piperidine rings is 1. The number of benzene rings is 2. The molecule has 4 atom stereocenters. The Hall–Kier alpha value is -3.72. The van der Waals surface area contributed by atoms with Crippen molar-refractivity contribution in [1.29, 1.82) is 0 Å². The van der Waals surface area contributed by atoms with Crippen molar-refractivity contribution in [3.05, 3.63) is 59.9 Å². The summed E-state index contributed by atoms with van der Waals surface area (Å²) < 4.78 is 27.1. The first kappa shape index (κ1) is 34.6. The zero-order valence-electron chi connectivity index (χ0n) is 28.8. The van der Waals surface area contributed by atoms with E-state index in [0.717, 1.165) is 94.4 Å². The molecule has 9 nitrogen and oxygen atoms in total. The van der Waals surface area contributed by atoms with Gasteiger partial charge in [-0.1, -0.05) is 57.2 Å². The van der Waals surface area contributed by atoms with Gasteiger partial charge in [-0.15, -0.1) is 0 Å². The van der Waals surface area contributed by atoms with Gasteiger partial charge in [0, 0.05) is 30.9 Å². The van der Waals surface area contributed by atoms with Crippen LogP contribution in [0.5, 0.6) is 17.2 Å². The van der Waals surface area contributed by atoms with Gasteiger partial charge in [-0.2, -0.15) is 0 Å². The first-order valence-corrected chi connectivity index (χ1v) is 17.2. The van der Waals surface area contributed by atoms with Crippen molar-refractivity contribution < 1.29 is 33.3 Å². The van der Waals surface area contributed by atoms with Crippen LogP contribution in [-0.4, -0.2) is 77.5 Å². The predicted octanol–water partition coefficient (Wildman–Crippen LogP) is 6.53. The number of amides is 1. The number of methoxy groups -OCH3 is 4. The molecule has 1 spiro atoms. The third-order valence-electron chi connectivity index (χ3n) is 10.6. The van der Waals surface area contributed by atoms with Gasteiger partial charge in [0.15, 0.2) is 11.5 Å². The van der Waals surface area contributed by atoms with Gasteiger partial charge in [0.2, 0.25) is 5.91 Å². The quantitative estimate of drug-likeness (QED) is 0.0879. The summed E-state index contributed by atoms with van der Waals surface area (Å²) in [5.74, 6) is 2.29. The molecule has 2 fully saturated rings. The van der Waals surface area contributed by atoms with E-state index in [0.29, 0.717) is 29.6 Å². The molecular formula is C38H52N2O7.